The van der Waals surface area contributed by atoms with E-state index in [1.54, 1.807) is 20.9 Å². The van der Waals surface area contributed by atoms with Crippen LogP contribution in [0.15, 0.2) is 35.0 Å². The highest BCUT2D eigenvalue weighted by atomic mass is 32.1. The first-order valence-corrected chi connectivity index (χ1v) is 9.84. The van der Waals surface area contributed by atoms with Crippen molar-refractivity contribution >= 4 is 22.7 Å². The molecule has 0 amide bonds. The largest absolute Gasteiger partial charge is 0.294 e. The normalized spacial score (nSPS) is 19.5. The summed E-state index contributed by atoms with van der Waals surface area (Å²) in [4.78, 5) is 8.26. The Morgan fingerprint density at radius 1 is 0.818 bits per heavy atom. The maximum Gasteiger partial charge on any atom is 0.0334 e. The highest BCUT2D eigenvalue weighted by molar-refractivity contribution is 7.10. The minimum Gasteiger partial charge on any atom is -0.294 e. The third kappa shape index (κ3) is 3.20. The number of thiophene rings is 2. The van der Waals surface area contributed by atoms with Crippen LogP contribution < -0.4 is 0 Å². The van der Waals surface area contributed by atoms with Crippen LogP contribution in [0.2, 0.25) is 0 Å². The number of nitrogens with zero attached hydrogens (tertiary/aromatic N) is 2. The van der Waals surface area contributed by atoms with Gasteiger partial charge < -0.3 is 0 Å². The molecule has 0 spiro atoms. The Kier molecular flexibility index (Phi) is 4.44. The second kappa shape index (κ2) is 6.67. The van der Waals surface area contributed by atoms with Gasteiger partial charge in [-0.25, -0.2) is 0 Å². The quantitative estimate of drug-likeness (QED) is 0.787. The summed E-state index contributed by atoms with van der Waals surface area (Å²) in [6.07, 6.45) is 7.17. The van der Waals surface area contributed by atoms with E-state index >= 15 is 0 Å². The zero-order valence-electron chi connectivity index (χ0n) is 12.8. The molecule has 2 aromatic rings. The van der Waals surface area contributed by atoms with Crippen LogP contribution in [0, 0.1) is 0 Å². The van der Waals surface area contributed by atoms with Crippen molar-refractivity contribution in [1.29, 1.82) is 0 Å². The van der Waals surface area contributed by atoms with Crippen LogP contribution in [0.3, 0.4) is 0 Å². The first kappa shape index (κ1) is 14.6. The third-order valence-corrected chi connectivity index (χ3v) is 6.59. The molecule has 2 nitrogen and oxygen atoms in total. The number of hydrogen-bond acceptors (Lipinski definition) is 4. The molecule has 0 saturated carbocycles. The molecule has 0 saturated heterocycles. The van der Waals surface area contributed by atoms with E-state index in [4.69, 9.17) is 0 Å². The molecule has 22 heavy (non-hydrogen) atoms. The minimum atomic E-state index is 1.09. The van der Waals surface area contributed by atoms with E-state index in [9.17, 15) is 0 Å². The molecule has 2 aliphatic heterocycles. The molecule has 116 valence electrons. The molecule has 0 unspecified atom stereocenters. The lowest BCUT2D eigenvalue weighted by Crippen LogP contribution is -2.31. The summed E-state index contributed by atoms with van der Waals surface area (Å²) >= 11 is 3.83. The van der Waals surface area contributed by atoms with E-state index in [-0.39, 0.29) is 0 Å². The van der Waals surface area contributed by atoms with Gasteiger partial charge in [-0.3, -0.25) is 9.80 Å². The first-order chi connectivity index (χ1) is 10.9. The van der Waals surface area contributed by atoms with Gasteiger partial charge in [0, 0.05) is 49.0 Å². The standard InChI is InChI=1S/C18H22N2S2/c1(7-19-9-3-15-5-11-21-17(15)13-19)2-8-20-10-4-16-6-12-22-18(16)14-20/h1-2,5-6,11-12H,3-4,7-10,13-14H2/b2-1+. The summed E-state index contributed by atoms with van der Waals surface area (Å²) in [7, 11) is 0. The first-order valence-electron chi connectivity index (χ1n) is 8.09. The Balaban J connectivity index is 1.24. The molecule has 4 heterocycles. The lowest BCUT2D eigenvalue weighted by Gasteiger charge is -2.26. The van der Waals surface area contributed by atoms with Gasteiger partial charge in [0.1, 0.15) is 0 Å². The predicted molar refractivity (Wildman–Crippen MR) is 95.7 cm³/mol. The van der Waals surface area contributed by atoms with Crippen molar-refractivity contribution < 1.29 is 0 Å². The second-order valence-electron chi connectivity index (χ2n) is 6.18. The number of hydrogen-bond donors (Lipinski definition) is 0. The van der Waals surface area contributed by atoms with E-state index in [1.165, 1.54) is 25.9 Å². The van der Waals surface area contributed by atoms with Gasteiger partial charge in [0.2, 0.25) is 0 Å². The maximum atomic E-state index is 2.56. The fourth-order valence-electron chi connectivity index (χ4n) is 3.34. The van der Waals surface area contributed by atoms with Gasteiger partial charge in [-0.15, -0.1) is 22.7 Å². The van der Waals surface area contributed by atoms with E-state index in [1.807, 2.05) is 22.7 Å². The van der Waals surface area contributed by atoms with Gasteiger partial charge in [0.25, 0.3) is 0 Å². The minimum absolute atomic E-state index is 1.09. The average Bonchev–Trinajstić information content (AvgIpc) is 3.19. The van der Waals surface area contributed by atoms with Crippen molar-refractivity contribution in [2.75, 3.05) is 26.2 Å². The highest BCUT2D eigenvalue weighted by Crippen LogP contribution is 2.25. The van der Waals surface area contributed by atoms with Crippen molar-refractivity contribution in [3.05, 3.63) is 55.9 Å². The van der Waals surface area contributed by atoms with E-state index in [0.717, 1.165) is 26.2 Å². The van der Waals surface area contributed by atoms with Crippen LogP contribution in [-0.4, -0.2) is 36.0 Å². The SMILES string of the molecule is C(=C\CN1CCc2ccsc2C1)/CN1CCc2ccsc2C1. The topological polar surface area (TPSA) is 6.48 Å². The molecule has 0 N–H and O–H groups in total. The summed E-state index contributed by atoms with van der Waals surface area (Å²) in [5, 5.41) is 4.47. The van der Waals surface area contributed by atoms with Crippen molar-refractivity contribution in [2.24, 2.45) is 0 Å². The molecule has 0 radical (unpaired) electrons. The Morgan fingerprint density at radius 2 is 1.32 bits per heavy atom. The molecular formula is C18H22N2S2. The summed E-state index contributed by atoms with van der Waals surface area (Å²) < 4.78 is 0. The fourth-order valence-corrected chi connectivity index (χ4v) is 5.29. The van der Waals surface area contributed by atoms with Crippen LogP contribution in [0.25, 0.3) is 0 Å². The summed E-state index contributed by atoms with van der Waals surface area (Å²) in [5.74, 6) is 0. The lowest BCUT2D eigenvalue weighted by atomic mass is 10.1. The maximum absolute atomic E-state index is 2.56. The summed E-state index contributed by atoms with van der Waals surface area (Å²) in [6.45, 7) is 6.87. The van der Waals surface area contributed by atoms with Gasteiger partial charge >= 0.3 is 0 Å². The van der Waals surface area contributed by atoms with E-state index < -0.39 is 0 Å². The van der Waals surface area contributed by atoms with E-state index in [0.29, 0.717) is 0 Å². The van der Waals surface area contributed by atoms with Gasteiger partial charge in [-0.1, -0.05) is 12.2 Å². The molecule has 4 rings (SSSR count). The van der Waals surface area contributed by atoms with Crippen LogP contribution in [0.1, 0.15) is 20.9 Å². The molecular weight excluding hydrogens is 308 g/mol. The molecule has 0 aromatic carbocycles. The zero-order valence-corrected chi connectivity index (χ0v) is 14.5. The molecule has 0 bridgehead atoms. The average molecular weight is 331 g/mol. The van der Waals surface area contributed by atoms with Crippen molar-refractivity contribution in [1.82, 2.24) is 9.80 Å². The van der Waals surface area contributed by atoms with Gasteiger partial charge in [0.15, 0.2) is 0 Å². The Labute approximate surface area is 140 Å². The van der Waals surface area contributed by atoms with Gasteiger partial charge in [-0.05, 0) is 46.9 Å². The molecule has 2 aliphatic rings. The summed E-state index contributed by atoms with van der Waals surface area (Å²) in [6, 6.07) is 4.59. The molecule has 0 fully saturated rings. The van der Waals surface area contributed by atoms with Crippen molar-refractivity contribution in [3.63, 3.8) is 0 Å². The van der Waals surface area contributed by atoms with Gasteiger partial charge in [0.05, 0.1) is 0 Å². The van der Waals surface area contributed by atoms with E-state index in [2.05, 4.69) is 44.8 Å². The smallest absolute Gasteiger partial charge is 0.0334 e. The lowest BCUT2D eigenvalue weighted by molar-refractivity contribution is 0.278. The third-order valence-electron chi connectivity index (χ3n) is 4.70. The van der Waals surface area contributed by atoms with Gasteiger partial charge in [-0.2, -0.15) is 0 Å². The molecule has 0 atom stereocenters. The molecule has 2 aromatic heterocycles. The van der Waals surface area contributed by atoms with Crippen molar-refractivity contribution in [3.8, 4) is 0 Å². The Morgan fingerprint density at radius 3 is 1.82 bits per heavy atom. The fraction of sp³-hybridized carbons (Fsp3) is 0.444. The predicted octanol–water partition coefficient (Wildman–Crippen LogP) is 3.78. The van der Waals surface area contributed by atoms with Crippen LogP contribution >= 0.6 is 22.7 Å². The highest BCUT2D eigenvalue weighted by Gasteiger charge is 2.17. The van der Waals surface area contributed by atoms with Crippen molar-refractivity contribution in [2.45, 2.75) is 25.9 Å². The molecule has 4 heteroatoms. The second-order valence-corrected chi connectivity index (χ2v) is 8.18. The van der Waals surface area contributed by atoms with Crippen LogP contribution in [0.4, 0.5) is 0 Å². The zero-order chi connectivity index (χ0) is 14.8. The Bertz CT molecular complexity index is 599. The monoisotopic (exact) mass is 330 g/mol. The summed E-state index contributed by atoms with van der Waals surface area (Å²) in [5.41, 5.74) is 3.15. The van der Waals surface area contributed by atoms with Crippen LogP contribution in [0.5, 0.6) is 0 Å². The molecule has 0 aliphatic carbocycles. The number of fused-ring (bicyclic) bond motifs is 2. The number of rotatable bonds is 4. The Hall–Kier alpha value is -0.940. The van der Waals surface area contributed by atoms with Crippen LogP contribution in [-0.2, 0) is 25.9 Å².